The highest BCUT2D eigenvalue weighted by Crippen LogP contribution is 2.08. The van der Waals surface area contributed by atoms with Crippen molar-refractivity contribution in [2.24, 2.45) is 5.92 Å². The van der Waals surface area contributed by atoms with Crippen LogP contribution < -0.4 is 10.6 Å². The van der Waals surface area contributed by atoms with E-state index in [2.05, 4.69) is 29.4 Å². The second-order valence-electron chi connectivity index (χ2n) is 5.27. The quantitative estimate of drug-likeness (QED) is 0.716. The lowest BCUT2D eigenvalue weighted by atomic mass is 10.0. The molecule has 2 unspecified atom stereocenters. The number of rotatable bonds is 5. The van der Waals surface area contributed by atoms with Crippen LogP contribution in [0.3, 0.4) is 0 Å². The zero-order chi connectivity index (χ0) is 12.1. The van der Waals surface area contributed by atoms with Crippen LogP contribution >= 0.6 is 0 Å². The van der Waals surface area contributed by atoms with Crippen LogP contribution in [0.15, 0.2) is 0 Å². The molecule has 0 aromatic rings. The first kappa shape index (κ1) is 13.5. The Morgan fingerprint density at radius 1 is 1.50 bits per heavy atom. The summed E-state index contributed by atoms with van der Waals surface area (Å²) in [6, 6.07) is 0.272. The topological polar surface area (TPSA) is 44.4 Å². The molecule has 4 nitrogen and oxygen atoms in total. The lowest BCUT2D eigenvalue weighted by molar-refractivity contribution is -0.123. The number of nitrogens with one attached hydrogen (secondary N) is 2. The molecule has 2 N–H and O–H groups in total. The molecule has 1 aliphatic rings. The first-order valence-electron chi connectivity index (χ1n) is 6.19. The van der Waals surface area contributed by atoms with Gasteiger partial charge in [0.05, 0.1) is 6.04 Å². The van der Waals surface area contributed by atoms with Crippen molar-refractivity contribution in [2.45, 2.75) is 38.8 Å². The molecule has 16 heavy (non-hydrogen) atoms. The summed E-state index contributed by atoms with van der Waals surface area (Å²) in [5, 5.41) is 6.37. The van der Waals surface area contributed by atoms with Crippen molar-refractivity contribution in [3.63, 3.8) is 0 Å². The zero-order valence-electron chi connectivity index (χ0n) is 10.9. The lowest BCUT2D eigenvalue weighted by Crippen LogP contribution is -2.50. The SMILES string of the molecule is CC(C)C(CN(C)C)NC(=O)C1CCCN1. The van der Waals surface area contributed by atoms with Gasteiger partial charge in [-0.25, -0.2) is 0 Å². The normalized spacial score (nSPS) is 22.8. The van der Waals surface area contributed by atoms with Crippen LogP contribution in [0.2, 0.25) is 0 Å². The monoisotopic (exact) mass is 227 g/mol. The number of nitrogens with zero attached hydrogens (tertiary/aromatic N) is 1. The van der Waals surface area contributed by atoms with E-state index in [0.717, 1.165) is 25.9 Å². The fourth-order valence-electron chi connectivity index (χ4n) is 2.01. The molecule has 0 aromatic heterocycles. The van der Waals surface area contributed by atoms with Crippen LogP contribution in [0.25, 0.3) is 0 Å². The van der Waals surface area contributed by atoms with Gasteiger partial charge in [0.25, 0.3) is 0 Å². The van der Waals surface area contributed by atoms with Crippen molar-refractivity contribution in [1.82, 2.24) is 15.5 Å². The van der Waals surface area contributed by atoms with E-state index >= 15 is 0 Å². The highest BCUT2D eigenvalue weighted by molar-refractivity contribution is 5.82. The third-order valence-corrected chi connectivity index (χ3v) is 3.07. The van der Waals surface area contributed by atoms with Gasteiger partial charge in [-0.1, -0.05) is 13.8 Å². The molecule has 94 valence electrons. The highest BCUT2D eigenvalue weighted by Gasteiger charge is 2.25. The molecule has 1 rings (SSSR count). The van der Waals surface area contributed by atoms with Crippen LogP contribution in [-0.2, 0) is 4.79 Å². The van der Waals surface area contributed by atoms with E-state index in [9.17, 15) is 4.79 Å². The summed E-state index contributed by atoms with van der Waals surface area (Å²) < 4.78 is 0. The van der Waals surface area contributed by atoms with Crippen molar-refractivity contribution >= 4 is 5.91 Å². The fourth-order valence-corrected chi connectivity index (χ4v) is 2.01. The summed E-state index contributed by atoms with van der Waals surface area (Å²) in [6.45, 7) is 6.17. The maximum Gasteiger partial charge on any atom is 0.237 e. The molecular weight excluding hydrogens is 202 g/mol. The second-order valence-corrected chi connectivity index (χ2v) is 5.27. The number of carbonyl (C=O) groups excluding carboxylic acids is 1. The van der Waals surface area contributed by atoms with E-state index in [4.69, 9.17) is 0 Å². The molecule has 1 aliphatic heterocycles. The van der Waals surface area contributed by atoms with Gasteiger partial charge < -0.3 is 15.5 Å². The minimum absolute atomic E-state index is 0.0309. The number of likely N-dealkylation sites (N-methyl/N-ethyl adjacent to an activating group) is 1. The predicted octanol–water partition coefficient (Wildman–Crippen LogP) is 0.441. The summed E-state index contributed by atoms with van der Waals surface area (Å²) in [6.07, 6.45) is 2.08. The first-order valence-corrected chi connectivity index (χ1v) is 6.19. The Labute approximate surface area is 98.8 Å². The van der Waals surface area contributed by atoms with Crippen molar-refractivity contribution in [2.75, 3.05) is 27.2 Å². The van der Waals surface area contributed by atoms with E-state index in [1.54, 1.807) is 0 Å². The van der Waals surface area contributed by atoms with E-state index < -0.39 is 0 Å². The van der Waals surface area contributed by atoms with Gasteiger partial charge in [-0.05, 0) is 39.4 Å². The molecule has 0 saturated carbocycles. The van der Waals surface area contributed by atoms with Crippen LogP contribution in [0.5, 0.6) is 0 Å². The van der Waals surface area contributed by atoms with Crippen molar-refractivity contribution in [3.8, 4) is 0 Å². The summed E-state index contributed by atoms with van der Waals surface area (Å²) >= 11 is 0. The number of amides is 1. The van der Waals surface area contributed by atoms with Gasteiger partial charge in [0.2, 0.25) is 5.91 Å². The average Bonchev–Trinajstić information content (AvgIpc) is 2.68. The Morgan fingerprint density at radius 3 is 2.62 bits per heavy atom. The lowest BCUT2D eigenvalue weighted by Gasteiger charge is -2.26. The molecule has 0 aromatic carbocycles. The number of carbonyl (C=O) groups is 1. The molecule has 4 heteroatoms. The zero-order valence-corrected chi connectivity index (χ0v) is 10.9. The Balaban J connectivity index is 2.43. The van der Waals surface area contributed by atoms with Crippen molar-refractivity contribution in [1.29, 1.82) is 0 Å². The van der Waals surface area contributed by atoms with Crippen molar-refractivity contribution in [3.05, 3.63) is 0 Å². The second kappa shape index (κ2) is 6.21. The number of hydrogen-bond acceptors (Lipinski definition) is 3. The fraction of sp³-hybridized carbons (Fsp3) is 0.917. The maximum atomic E-state index is 11.9. The van der Waals surface area contributed by atoms with Crippen LogP contribution in [0.1, 0.15) is 26.7 Å². The average molecular weight is 227 g/mol. The third-order valence-electron chi connectivity index (χ3n) is 3.07. The molecule has 0 bridgehead atoms. The standard InChI is InChI=1S/C12H25N3O/c1-9(2)11(8-15(3)4)14-12(16)10-6-5-7-13-10/h9-11,13H,5-8H2,1-4H3,(H,14,16). The first-order chi connectivity index (χ1) is 7.50. The van der Waals surface area contributed by atoms with Gasteiger partial charge >= 0.3 is 0 Å². The van der Waals surface area contributed by atoms with E-state index in [1.807, 2.05) is 14.1 Å². The molecule has 1 heterocycles. The van der Waals surface area contributed by atoms with Crippen LogP contribution in [0.4, 0.5) is 0 Å². The van der Waals surface area contributed by atoms with Gasteiger partial charge in [0.15, 0.2) is 0 Å². The molecular formula is C12H25N3O. The minimum Gasteiger partial charge on any atom is -0.350 e. The Kier molecular flexibility index (Phi) is 5.22. The smallest absolute Gasteiger partial charge is 0.237 e. The van der Waals surface area contributed by atoms with Crippen LogP contribution in [-0.4, -0.2) is 50.1 Å². The summed E-state index contributed by atoms with van der Waals surface area (Å²) in [5.41, 5.74) is 0. The Bertz CT molecular complexity index is 222. The number of hydrogen-bond donors (Lipinski definition) is 2. The third kappa shape index (κ3) is 4.10. The predicted molar refractivity (Wildman–Crippen MR) is 66.3 cm³/mol. The largest absolute Gasteiger partial charge is 0.350 e. The minimum atomic E-state index is 0.0309. The van der Waals surface area contributed by atoms with Gasteiger partial charge in [-0.15, -0.1) is 0 Å². The van der Waals surface area contributed by atoms with Gasteiger partial charge in [0, 0.05) is 12.6 Å². The van der Waals surface area contributed by atoms with E-state index in [1.165, 1.54) is 0 Å². The molecule has 1 fully saturated rings. The maximum absolute atomic E-state index is 11.9. The summed E-state index contributed by atoms with van der Waals surface area (Å²) in [7, 11) is 4.07. The van der Waals surface area contributed by atoms with Gasteiger partial charge in [-0.2, -0.15) is 0 Å². The van der Waals surface area contributed by atoms with Gasteiger partial charge in [-0.3, -0.25) is 4.79 Å². The summed E-state index contributed by atoms with van der Waals surface area (Å²) in [5.74, 6) is 0.630. The molecule has 1 amide bonds. The molecule has 0 spiro atoms. The molecule has 1 saturated heterocycles. The van der Waals surface area contributed by atoms with Gasteiger partial charge in [0.1, 0.15) is 0 Å². The van der Waals surface area contributed by atoms with Crippen molar-refractivity contribution < 1.29 is 4.79 Å². The Morgan fingerprint density at radius 2 is 2.19 bits per heavy atom. The van der Waals surface area contributed by atoms with Crippen LogP contribution in [0, 0.1) is 5.92 Å². The van der Waals surface area contributed by atoms with E-state index in [-0.39, 0.29) is 18.0 Å². The van der Waals surface area contributed by atoms with E-state index in [0.29, 0.717) is 5.92 Å². The highest BCUT2D eigenvalue weighted by atomic mass is 16.2. The Hall–Kier alpha value is -0.610. The molecule has 2 atom stereocenters. The molecule has 0 aliphatic carbocycles. The summed E-state index contributed by atoms with van der Waals surface area (Å²) in [4.78, 5) is 14.1. The molecule has 0 radical (unpaired) electrons.